The summed E-state index contributed by atoms with van der Waals surface area (Å²) in [6.07, 6.45) is 0.539. The fourth-order valence-electron chi connectivity index (χ4n) is 0.981. The Morgan fingerprint density at radius 1 is 1.57 bits per heavy atom. The summed E-state index contributed by atoms with van der Waals surface area (Å²) in [5.41, 5.74) is 5.52. The van der Waals surface area contributed by atoms with Crippen LogP contribution in [0.1, 0.15) is 13.3 Å². The maximum absolute atomic E-state index is 11.1. The normalized spacial score (nSPS) is 14.9. The molecule has 0 bridgehead atoms. The summed E-state index contributed by atoms with van der Waals surface area (Å²) in [6, 6.07) is 0.0209. The molecule has 0 radical (unpaired) electrons. The third-order valence-electron chi connectivity index (χ3n) is 2.09. The standard InChI is InChI=1S/C9H21N3O2/c1-7(14-3)6-12-8(5-10)4-9(13)11-2/h7-8,12H,4-6,10H2,1-3H3,(H,11,13). The van der Waals surface area contributed by atoms with Crippen LogP contribution in [-0.4, -0.2) is 45.3 Å². The van der Waals surface area contributed by atoms with Crippen molar-refractivity contribution in [3.63, 3.8) is 0 Å². The number of carbonyl (C=O) groups is 1. The number of nitrogens with one attached hydrogen (secondary N) is 2. The van der Waals surface area contributed by atoms with Gasteiger partial charge in [0.1, 0.15) is 0 Å². The van der Waals surface area contributed by atoms with Crippen LogP contribution in [0.5, 0.6) is 0 Å². The van der Waals surface area contributed by atoms with Gasteiger partial charge in [0.2, 0.25) is 5.91 Å². The van der Waals surface area contributed by atoms with E-state index in [4.69, 9.17) is 10.5 Å². The highest BCUT2D eigenvalue weighted by Crippen LogP contribution is 1.92. The second-order valence-corrected chi connectivity index (χ2v) is 3.26. The molecular weight excluding hydrogens is 182 g/mol. The van der Waals surface area contributed by atoms with Crippen LogP contribution in [0.2, 0.25) is 0 Å². The Morgan fingerprint density at radius 3 is 2.64 bits per heavy atom. The first-order valence-corrected chi connectivity index (χ1v) is 4.80. The first-order chi connectivity index (χ1) is 6.63. The Kier molecular flexibility index (Phi) is 7.37. The van der Waals surface area contributed by atoms with Gasteiger partial charge in [-0.2, -0.15) is 0 Å². The topological polar surface area (TPSA) is 76.4 Å². The Balaban J connectivity index is 3.73. The Labute approximate surface area is 85.4 Å². The van der Waals surface area contributed by atoms with Crippen LogP contribution in [0.4, 0.5) is 0 Å². The largest absolute Gasteiger partial charge is 0.380 e. The minimum absolute atomic E-state index is 0.00183. The lowest BCUT2D eigenvalue weighted by Gasteiger charge is -2.18. The molecule has 5 heteroatoms. The van der Waals surface area contributed by atoms with E-state index in [0.717, 1.165) is 0 Å². The summed E-state index contributed by atoms with van der Waals surface area (Å²) >= 11 is 0. The Morgan fingerprint density at radius 2 is 2.21 bits per heavy atom. The predicted octanol–water partition coefficient (Wildman–Crippen LogP) is -0.926. The van der Waals surface area contributed by atoms with E-state index in [9.17, 15) is 4.79 Å². The van der Waals surface area contributed by atoms with Crippen molar-refractivity contribution in [2.45, 2.75) is 25.5 Å². The number of ether oxygens (including phenoxy) is 1. The van der Waals surface area contributed by atoms with Crippen LogP contribution >= 0.6 is 0 Å². The van der Waals surface area contributed by atoms with Gasteiger partial charge in [-0.1, -0.05) is 0 Å². The lowest BCUT2D eigenvalue weighted by atomic mass is 10.2. The van der Waals surface area contributed by atoms with Crippen molar-refractivity contribution in [2.24, 2.45) is 5.73 Å². The molecule has 0 saturated heterocycles. The third kappa shape index (κ3) is 5.90. The lowest BCUT2D eigenvalue weighted by molar-refractivity contribution is -0.121. The Bertz CT molecular complexity index is 164. The monoisotopic (exact) mass is 203 g/mol. The molecule has 0 spiro atoms. The van der Waals surface area contributed by atoms with E-state index in [0.29, 0.717) is 19.5 Å². The zero-order chi connectivity index (χ0) is 11.0. The van der Waals surface area contributed by atoms with Crippen molar-refractivity contribution < 1.29 is 9.53 Å². The molecular formula is C9H21N3O2. The van der Waals surface area contributed by atoms with E-state index in [-0.39, 0.29) is 18.1 Å². The second-order valence-electron chi connectivity index (χ2n) is 3.26. The molecule has 0 aromatic heterocycles. The van der Waals surface area contributed by atoms with Crippen LogP contribution in [0, 0.1) is 0 Å². The highest BCUT2D eigenvalue weighted by Gasteiger charge is 2.11. The maximum Gasteiger partial charge on any atom is 0.221 e. The van der Waals surface area contributed by atoms with Gasteiger partial charge in [-0.05, 0) is 6.92 Å². The molecule has 0 aromatic rings. The average Bonchev–Trinajstić information content (AvgIpc) is 2.22. The van der Waals surface area contributed by atoms with Crippen LogP contribution in [0.3, 0.4) is 0 Å². The fourth-order valence-corrected chi connectivity index (χ4v) is 0.981. The van der Waals surface area contributed by atoms with Crippen molar-refractivity contribution in [3.8, 4) is 0 Å². The van der Waals surface area contributed by atoms with Gasteiger partial charge in [-0.15, -0.1) is 0 Å². The van der Waals surface area contributed by atoms with Gasteiger partial charge in [0.15, 0.2) is 0 Å². The van der Waals surface area contributed by atoms with Crippen LogP contribution in [-0.2, 0) is 9.53 Å². The molecule has 2 unspecified atom stereocenters. The molecule has 4 N–H and O–H groups in total. The number of carbonyl (C=O) groups excluding carboxylic acids is 1. The lowest BCUT2D eigenvalue weighted by Crippen LogP contribution is -2.43. The number of amides is 1. The number of hydrogen-bond donors (Lipinski definition) is 3. The van der Waals surface area contributed by atoms with Crippen molar-refractivity contribution >= 4 is 5.91 Å². The van der Waals surface area contributed by atoms with Gasteiger partial charge in [-0.25, -0.2) is 0 Å². The van der Waals surface area contributed by atoms with Crippen LogP contribution in [0.15, 0.2) is 0 Å². The van der Waals surface area contributed by atoms with Crippen LogP contribution in [0.25, 0.3) is 0 Å². The summed E-state index contributed by atoms with van der Waals surface area (Å²) in [4.78, 5) is 11.1. The zero-order valence-corrected chi connectivity index (χ0v) is 9.17. The molecule has 0 saturated carbocycles. The molecule has 84 valence electrons. The molecule has 0 aromatic carbocycles. The van der Waals surface area contributed by atoms with Crippen molar-refractivity contribution in [3.05, 3.63) is 0 Å². The maximum atomic E-state index is 11.1. The molecule has 14 heavy (non-hydrogen) atoms. The number of nitrogens with two attached hydrogens (primary N) is 1. The van der Waals surface area contributed by atoms with E-state index >= 15 is 0 Å². The van der Waals surface area contributed by atoms with E-state index in [1.165, 1.54) is 0 Å². The summed E-state index contributed by atoms with van der Waals surface area (Å²) < 4.78 is 5.07. The van der Waals surface area contributed by atoms with Gasteiger partial charge in [0, 0.05) is 39.7 Å². The quantitative estimate of drug-likeness (QED) is 0.500. The van der Waals surface area contributed by atoms with Crippen molar-refractivity contribution in [1.82, 2.24) is 10.6 Å². The second kappa shape index (κ2) is 7.73. The molecule has 0 heterocycles. The molecule has 0 aliphatic heterocycles. The SMILES string of the molecule is CNC(=O)CC(CN)NCC(C)OC. The van der Waals surface area contributed by atoms with Gasteiger partial charge in [0.25, 0.3) is 0 Å². The summed E-state index contributed by atoms with van der Waals surface area (Å²) in [5.74, 6) is -0.00183. The van der Waals surface area contributed by atoms with Gasteiger partial charge in [-0.3, -0.25) is 4.79 Å². The number of hydrogen-bond acceptors (Lipinski definition) is 4. The van der Waals surface area contributed by atoms with E-state index in [1.807, 2.05) is 6.92 Å². The zero-order valence-electron chi connectivity index (χ0n) is 9.17. The minimum atomic E-state index is -0.00183. The van der Waals surface area contributed by atoms with Gasteiger partial charge < -0.3 is 21.1 Å². The molecule has 0 aliphatic rings. The molecule has 1 amide bonds. The van der Waals surface area contributed by atoms with Gasteiger partial charge >= 0.3 is 0 Å². The summed E-state index contributed by atoms with van der Waals surface area (Å²) in [6.45, 7) is 3.11. The molecule has 0 fully saturated rings. The number of methoxy groups -OCH3 is 1. The average molecular weight is 203 g/mol. The van der Waals surface area contributed by atoms with E-state index in [1.54, 1.807) is 14.2 Å². The smallest absolute Gasteiger partial charge is 0.221 e. The summed E-state index contributed by atoms with van der Waals surface area (Å²) in [7, 11) is 3.27. The first-order valence-electron chi connectivity index (χ1n) is 4.80. The van der Waals surface area contributed by atoms with Gasteiger partial charge in [0.05, 0.1) is 6.10 Å². The highest BCUT2D eigenvalue weighted by atomic mass is 16.5. The minimum Gasteiger partial charge on any atom is -0.380 e. The molecule has 5 nitrogen and oxygen atoms in total. The van der Waals surface area contributed by atoms with E-state index in [2.05, 4.69) is 10.6 Å². The van der Waals surface area contributed by atoms with Crippen molar-refractivity contribution in [1.29, 1.82) is 0 Å². The highest BCUT2D eigenvalue weighted by molar-refractivity contribution is 5.76. The first kappa shape index (κ1) is 13.4. The molecule has 0 rings (SSSR count). The van der Waals surface area contributed by atoms with Crippen molar-refractivity contribution in [2.75, 3.05) is 27.2 Å². The molecule has 0 aliphatic carbocycles. The summed E-state index contributed by atoms with van der Waals surface area (Å²) in [5, 5.41) is 5.74. The molecule has 2 atom stereocenters. The fraction of sp³-hybridized carbons (Fsp3) is 0.889. The van der Waals surface area contributed by atoms with Crippen LogP contribution < -0.4 is 16.4 Å². The predicted molar refractivity (Wildman–Crippen MR) is 56.0 cm³/mol. The third-order valence-corrected chi connectivity index (χ3v) is 2.09. The number of rotatable bonds is 7. The Hall–Kier alpha value is -0.650. The van der Waals surface area contributed by atoms with E-state index < -0.39 is 0 Å².